The van der Waals surface area contributed by atoms with Crippen LogP contribution in [0.25, 0.3) is 32.4 Å². The van der Waals surface area contributed by atoms with Crippen LogP contribution in [-0.2, 0) is 23.1 Å². The van der Waals surface area contributed by atoms with Crippen molar-refractivity contribution in [2.75, 3.05) is 19.0 Å². The number of aryl methyl sites for hydroxylation is 2. The average Bonchev–Trinajstić information content (AvgIpc) is 3.59. The molecule has 4 aromatic rings. The Morgan fingerprint density at radius 1 is 1.30 bits per heavy atom. The average molecular weight is 466 g/mol. The van der Waals surface area contributed by atoms with E-state index in [-0.39, 0.29) is 12.0 Å². The topological polar surface area (TPSA) is 99.7 Å². The molecule has 4 aromatic heterocycles. The SMILES string of the molecule is COCCn1ccc(-c2sc3nc(-c4nccn4C)nc(N[C@@H]4CC[C@H](C=O)C4)c3c2C)n1. The third kappa shape index (κ3) is 4.16. The molecule has 10 heteroatoms. The second-order valence-corrected chi connectivity index (χ2v) is 9.50. The highest BCUT2D eigenvalue weighted by Gasteiger charge is 2.27. The van der Waals surface area contributed by atoms with E-state index in [1.54, 1.807) is 24.6 Å². The predicted molar refractivity (Wildman–Crippen MR) is 128 cm³/mol. The number of methoxy groups -OCH3 is 1. The molecule has 1 aliphatic carbocycles. The fourth-order valence-electron chi connectivity index (χ4n) is 4.43. The number of aromatic nitrogens is 6. The van der Waals surface area contributed by atoms with Gasteiger partial charge in [0.15, 0.2) is 11.6 Å². The number of nitrogens with one attached hydrogen (secondary N) is 1. The maximum absolute atomic E-state index is 11.3. The molecule has 1 fully saturated rings. The van der Waals surface area contributed by atoms with Gasteiger partial charge in [0.05, 0.1) is 23.4 Å². The number of rotatable bonds is 8. The summed E-state index contributed by atoms with van der Waals surface area (Å²) in [6.07, 6.45) is 9.37. The van der Waals surface area contributed by atoms with Crippen LogP contribution in [0.2, 0.25) is 0 Å². The zero-order chi connectivity index (χ0) is 22.9. The number of aldehydes is 1. The van der Waals surface area contributed by atoms with E-state index in [1.165, 1.54) is 0 Å². The maximum atomic E-state index is 11.3. The first-order valence-corrected chi connectivity index (χ1v) is 11.9. The molecule has 4 heterocycles. The Labute approximate surface area is 195 Å². The zero-order valence-corrected chi connectivity index (χ0v) is 19.8. The lowest BCUT2D eigenvalue weighted by Crippen LogP contribution is -2.17. The number of hydrogen-bond donors (Lipinski definition) is 1. The molecule has 2 atom stereocenters. The fraction of sp³-hybridized carbons (Fsp3) is 0.435. The van der Waals surface area contributed by atoms with E-state index < -0.39 is 0 Å². The van der Waals surface area contributed by atoms with E-state index in [2.05, 4.69) is 17.2 Å². The molecule has 0 bridgehead atoms. The summed E-state index contributed by atoms with van der Waals surface area (Å²) >= 11 is 1.62. The summed E-state index contributed by atoms with van der Waals surface area (Å²) in [7, 11) is 3.63. The second kappa shape index (κ2) is 9.03. The summed E-state index contributed by atoms with van der Waals surface area (Å²) in [4.78, 5) is 27.5. The number of anilines is 1. The van der Waals surface area contributed by atoms with Gasteiger partial charge in [-0.15, -0.1) is 11.3 Å². The molecule has 5 rings (SSSR count). The molecule has 0 aromatic carbocycles. The first kappa shape index (κ1) is 21.7. The molecule has 33 heavy (non-hydrogen) atoms. The van der Waals surface area contributed by atoms with Crippen LogP contribution in [0.15, 0.2) is 24.7 Å². The van der Waals surface area contributed by atoms with Gasteiger partial charge in [-0.2, -0.15) is 5.10 Å². The number of thiophene rings is 1. The number of ether oxygens (including phenoxy) is 1. The third-order valence-electron chi connectivity index (χ3n) is 6.22. The van der Waals surface area contributed by atoms with Crippen LogP contribution < -0.4 is 5.32 Å². The first-order chi connectivity index (χ1) is 16.1. The van der Waals surface area contributed by atoms with Gasteiger partial charge in [-0.1, -0.05) is 0 Å². The van der Waals surface area contributed by atoms with Crippen molar-refractivity contribution in [2.24, 2.45) is 13.0 Å². The van der Waals surface area contributed by atoms with Crippen molar-refractivity contribution in [3.63, 3.8) is 0 Å². The minimum Gasteiger partial charge on any atom is -0.383 e. The predicted octanol–water partition coefficient (Wildman–Crippen LogP) is 3.69. The third-order valence-corrected chi connectivity index (χ3v) is 7.42. The number of fused-ring (bicyclic) bond motifs is 1. The van der Waals surface area contributed by atoms with Crippen molar-refractivity contribution >= 4 is 33.7 Å². The van der Waals surface area contributed by atoms with Crippen LogP contribution >= 0.6 is 11.3 Å². The lowest BCUT2D eigenvalue weighted by Gasteiger charge is -2.15. The van der Waals surface area contributed by atoms with Gasteiger partial charge < -0.3 is 19.4 Å². The van der Waals surface area contributed by atoms with Gasteiger partial charge in [0.2, 0.25) is 0 Å². The smallest absolute Gasteiger partial charge is 0.199 e. The van der Waals surface area contributed by atoms with Gasteiger partial charge in [-0.3, -0.25) is 4.68 Å². The number of carbonyl (C=O) groups is 1. The van der Waals surface area contributed by atoms with E-state index in [0.29, 0.717) is 24.8 Å². The second-order valence-electron chi connectivity index (χ2n) is 8.50. The van der Waals surface area contributed by atoms with Crippen LogP contribution in [0.4, 0.5) is 5.82 Å². The minimum atomic E-state index is 0.115. The maximum Gasteiger partial charge on any atom is 0.199 e. The normalized spacial score (nSPS) is 18.3. The summed E-state index contributed by atoms with van der Waals surface area (Å²) in [5, 5.41) is 9.37. The highest BCUT2D eigenvalue weighted by atomic mass is 32.1. The van der Waals surface area contributed by atoms with Crippen LogP contribution in [0.1, 0.15) is 24.8 Å². The fourth-order valence-corrected chi connectivity index (χ4v) is 5.57. The van der Waals surface area contributed by atoms with Crippen LogP contribution in [-0.4, -0.2) is 55.3 Å². The van der Waals surface area contributed by atoms with Crippen molar-refractivity contribution in [2.45, 2.75) is 38.8 Å². The van der Waals surface area contributed by atoms with E-state index in [4.69, 9.17) is 19.8 Å². The van der Waals surface area contributed by atoms with Gasteiger partial charge >= 0.3 is 0 Å². The molecule has 1 saturated carbocycles. The molecule has 0 radical (unpaired) electrons. The van der Waals surface area contributed by atoms with Crippen molar-refractivity contribution in [3.05, 3.63) is 30.2 Å². The minimum absolute atomic E-state index is 0.115. The van der Waals surface area contributed by atoms with Crippen LogP contribution in [0, 0.1) is 12.8 Å². The molecule has 0 aliphatic heterocycles. The number of imidazole rings is 1. The Morgan fingerprint density at radius 2 is 2.18 bits per heavy atom. The summed E-state index contributed by atoms with van der Waals surface area (Å²) in [5.74, 6) is 2.21. The molecular formula is C23H27N7O2S. The Morgan fingerprint density at radius 3 is 2.91 bits per heavy atom. The van der Waals surface area contributed by atoms with Crippen molar-refractivity contribution in [1.29, 1.82) is 0 Å². The number of nitrogens with zero attached hydrogens (tertiary/aromatic N) is 6. The Hall–Kier alpha value is -3.11. The summed E-state index contributed by atoms with van der Waals surface area (Å²) < 4.78 is 8.98. The van der Waals surface area contributed by atoms with Gasteiger partial charge in [0.1, 0.15) is 22.6 Å². The quantitative estimate of drug-likeness (QED) is 0.396. The standard InChI is InChI=1S/C23H27N7O2S/c1-14-18-20(25-16-5-4-15(12-16)13-31)26-21(22-24-7-9-29(22)2)27-23(18)33-19(14)17-6-8-30(28-17)10-11-32-3/h6-9,13,15-16H,4-5,10-12H2,1-3H3,(H,25,26,27)/t15-,16+/m0/s1. The van der Waals surface area contributed by atoms with Crippen LogP contribution in [0.3, 0.4) is 0 Å². The van der Waals surface area contributed by atoms with E-state index >= 15 is 0 Å². The van der Waals surface area contributed by atoms with E-state index in [9.17, 15) is 4.79 Å². The highest BCUT2D eigenvalue weighted by molar-refractivity contribution is 7.22. The summed E-state index contributed by atoms with van der Waals surface area (Å²) in [5.41, 5.74) is 2.02. The molecule has 0 spiro atoms. The molecule has 9 nitrogen and oxygen atoms in total. The van der Waals surface area contributed by atoms with Crippen molar-refractivity contribution in [1.82, 2.24) is 29.3 Å². The van der Waals surface area contributed by atoms with Gasteiger partial charge in [-0.25, -0.2) is 15.0 Å². The van der Waals surface area contributed by atoms with E-state index in [0.717, 1.165) is 57.7 Å². The Balaban J connectivity index is 1.59. The summed E-state index contributed by atoms with van der Waals surface area (Å²) in [6.45, 7) is 3.42. The monoisotopic (exact) mass is 465 g/mol. The lowest BCUT2D eigenvalue weighted by molar-refractivity contribution is -0.110. The molecule has 0 amide bonds. The highest BCUT2D eigenvalue weighted by Crippen LogP contribution is 2.41. The lowest BCUT2D eigenvalue weighted by atomic mass is 10.1. The Bertz CT molecular complexity index is 1290. The first-order valence-electron chi connectivity index (χ1n) is 11.1. The van der Waals surface area contributed by atoms with Gasteiger partial charge in [0, 0.05) is 44.7 Å². The number of hydrogen-bond acceptors (Lipinski definition) is 8. The molecular weight excluding hydrogens is 438 g/mol. The molecule has 0 saturated heterocycles. The van der Waals surface area contributed by atoms with Crippen molar-refractivity contribution < 1.29 is 9.53 Å². The molecule has 1 aliphatic rings. The summed E-state index contributed by atoms with van der Waals surface area (Å²) in [6, 6.07) is 2.24. The number of carbonyl (C=O) groups excluding carboxylic acids is 1. The van der Waals surface area contributed by atoms with Gasteiger partial charge in [0.25, 0.3) is 0 Å². The molecule has 172 valence electrons. The Kier molecular flexibility index (Phi) is 5.94. The van der Waals surface area contributed by atoms with E-state index in [1.807, 2.05) is 34.8 Å². The van der Waals surface area contributed by atoms with Crippen LogP contribution in [0.5, 0.6) is 0 Å². The zero-order valence-electron chi connectivity index (χ0n) is 19.0. The molecule has 0 unspecified atom stereocenters. The molecule has 1 N–H and O–H groups in total. The van der Waals surface area contributed by atoms with Gasteiger partial charge in [-0.05, 0) is 37.8 Å². The largest absolute Gasteiger partial charge is 0.383 e. The van der Waals surface area contributed by atoms with Crippen molar-refractivity contribution in [3.8, 4) is 22.2 Å².